The van der Waals surface area contributed by atoms with Gasteiger partial charge in [0.25, 0.3) is 0 Å². The highest BCUT2D eigenvalue weighted by Crippen LogP contribution is 2.34. The first-order chi connectivity index (χ1) is 7.15. The van der Waals surface area contributed by atoms with Crippen molar-refractivity contribution in [3.63, 3.8) is 0 Å². The highest BCUT2D eigenvalue weighted by atomic mass is 79.9. The molecule has 6 heteroatoms. The summed E-state index contributed by atoms with van der Waals surface area (Å²) in [7, 11) is -3.39. The average molecular weight is 312 g/mol. The summed E-state index contributed by atoms with van der Waals surface area (Å²) < 4.78 is 21.6. The maximum absolute atomic E-state index is 12.0. The van der Waals surface area contributed by atoms with Crippen molar-refractivity contribution in [2.24, 2.45) is 0 Å². The molecule has 0 aromatic heterocycles. The van der Waals surface area contributed by atoms with Gasteiger partial charge in [0.2, 0.25) is 5.91 Å². The van der Waals surface area contributed by atoms with E-state index in [1.54, 1.807) is 0 Å². The van der Waals surface area contributed by atoms with E-state index in [9.17, 15) is 13.2 Å². The van der Waals surface area contributed by atoms with Gasteiger partial charge in [0.1, 0.15) is 4.75 Å². The number of amides is 1. The number of carbonyl (C=O) groups is 1. The van der Waals surface area contributed by atoms with Gasteiger partial charge >= 0.3 is 0 Å². The normalized spacial score (nSPS) is 20.0. The summed E-state index contributed by atoms with van der Waals surface area (Å²) >= 11 is 3.36. The number of rotatable bonds is 4. The highest BCUT2D eigenvalue weighted by Gasteiger charge is 2.44. The van der Waals surface area contributed by atoms with E-state index >= 15 is 0 Å². The molecule has 16 heavy (non-hydrogen) atoms. The third-order valence-corrected chi connectivity index (χ3v) is 6.53. The molecule has 0 aromatic carbocycles. The Morgan fingerprint density at radius 1 is 1.44 bits per heavy atom. The summed E-state index contributed by atoms with van der Waals surface area (Å²) in [6.07, 6.45) is 3.98. The van der Waals surface area contributed by atoms with E-state index in [1.807, 2.05) is 0 Å². The van der Waals surface area contributed by atoms with Crippen molar-refractivity contribution in [3.8, 4) is 0 Å². The maximum atomic E-state index is 12.0. The minimum absolute atomic E-state index is 0.237. The van der Waals surface area contributed by atoms with Crippen LogP contribution in [0.1, 0.15) is 33.1 Å². The molecule has 1 aliphatic carbocycles. The smallest absolute Gasteiger partial charge is 0.241 e. The quantitative estimate of drug-likeness (QED) is 0.795. The van der Waals surface area contributed by atoms with Gasteiger partial charge in [-0.2, -0.15) is 0 Å². The van der Waals surface area contributed by atoms with Crippen LogP contribution in [-0.2, 0) is 14.6 Å². The number of hydrogen-bond donors (Lipinski definition) is 1. The number of carbonyl (C=O) groups excluding carboxylic acids is 1. The Bertz CT molecular complexity index is 379. The zero-order valence-corrected chi connectivity index (χ0v) is 12.2. The van der Waals surface area contributed by atoms with Crippen molar-refractivity contribution in [2.45, 2.75) is 43.4 Å². The molecular formula is C10H18BrNO3S. The van der Waals surface area contributed by atoms with Crippen LogP contribution in [0.2, 0.25) is 0 Å². The number of halogens is 1. The van der Waals surface area contributed by atoms with Gasteiger partial charge in [0.15, 0.2) is 9.84 Å². The second kappa shape index (κ2) is 4.29. The Labute approximate surface area is 105 Å². The standard InChI is InChI=1S/C10H18BrNO3S/c1-9(2,16(3,14)15)8(13)12-10(7-11)5-4-6-10/h4-7H2,1-3H3,(H,12,13). The molecule has 1 saturated carbocycles. The third kappa shape index (κ3) is 2.42. The molecule has 1 N–H and O–H groups in total. The van der Waals surface area contributed by atoms with Crippen LogP contribution in [0, 0.1) is 0 Å². The first-order valence-corrected chi connectivity index (χ1v) is 8.24. The second-order valence-corrected chi connectivity index (χ2v) is 8.13. The minimum Gasteiger partial charge on any atom is -0.348 e. The van der Waals surface area contributed by atoms with Crippen LogP contribution >= 0.6 is 15.9 Å². The maximum Gasteiger partial charge on any atom is 0.241 e. The predicted octanol–water partition coefficient (Wildman–Crippen LogP) is 1.24. The van der Waals surface area contributed by atoms with E-state index in [0.29, 0.717) is 5.33 Å². The summed E-state index contributed by atoms with van der Waals surface area (Å²) in [4.78, 5) is 12.0. The summed E-state index contributed by atoms with van der Waals surface area (Å²) in [5.74, 6) is -0.408. The predicted molar refractivity (Wildman–Crippen MR) is 67.4 cm³/mol. The summed E-state index contributed by atoms with van der Waals surface area (Å²) in [6.45, 7) is 2.89. The molecule has 1 aliphatic rings. The van der Waals surface area contributed by atoms with Crippen molar-refractivity contribution >= 4 is 31.7 Å². The van der Waals surface area contributed by atoms with Crippen LogP contribution in [0.15, 0.2) is 0 Å². The third-order valence-electron chi connectivity index (χ3n) is 3.42. The van der Waals surface area contributed by atoms with E-state index in [1.165, 1.54) is 13.8 Å². The molecule has 1 fully saturated rings. The van der Waals surface area contributed by atoms with Crippen molar-refractivity contribution in [3.05, 3.63) is 0 Å². The fourth-order valence-corrected chi connectivity index (χ4v) is 2.54. The Hall–Kier alpha value is -0.100. The molecule has 0 unspecified atom stereocenters. The lowest BCUT2D eigenvalue weighted by atomic mass is 9.78. The minimum atomic E-state index is -3.39. The van der Waals surface area contributed by atoms with Gasteiger partial charge in [-0.25, -0.2) is 8.42 Å². The fraction of sp³-hybridized carbons (Fsp3) is 0.900. The van der Waals surface area contributed by atoms with Gasteiger partial charge in [-0.1, -0.05) is 15.9 Å². The first-order valence-electron chi connectivity index (χ1n) is 5.23. The van der Waals surface area contributed by atoms with Crippen molar-refractivity contribution in [2.75, 3.05) is 11.6 Å². The van der Waals surface area contributed by atoms with Gasteiger partial charge in [-0.05, 0) is 33.1 Å². The van der Waals surface area contributed by atoms with Crippen LogP contribution in [0.5, 0.6) is 0 Å². The zero-order chi connectivity index (χ0) is 12.6. The molecule has 1 rings (SSSR count). The highest BCUT2D eigenvalue weighted by molar-refractivity contribution is 9.09. The largest absolute Gasteiger partial charge is 0.348 e. The number of nitrogens with one attached hydrogen (secondary N) is 1. The van der Waals surface area contributed by atoms with Crippen molar-refractivity contribution < 1.29 is 13.2 Å². The lowest BCUT2D eigenvalue weighted by Crippen LogP contribution is -2.60. The number of alkyl halides is 1. The molecule has 0 bridgehead atoms. The fourth-order valence-electron chi connectivity index (χ4n) is 1.46. The average Bonchev–Trinajstić information content (AvgIpc) is 2.08. The van der Waals surface area contributed by atoms with Crippen LogP contribution in [-0.4, -0.2) is 36.2 Å². The lowest BCUT2D eigenvalue weighted by molar-refractivity contribution is -0.125. The van der Waals surface area contributed by atoms with E-state index in [4.69, 9.17) is 0 Å². The zero-order valence-electron chi connectivity index (χ0n) is 9.84. The molecule has 0 atom stereocenters. The molecule has 0 radical (unpaired) electrons. The van der Waals surface area contributed by atoms with E-state index in [2.05, 4.69) is 21.2 Å². The molecule has 94 valence electrons. The van der Waals surface area contributed by atoms with Gasteiger partial charge in [0, 0.05) is 17.1 Å². The second-order valence-electron chi connectivity index (χ2n) is 5.00. The van der Waals surface area contributed by atoms with Crippen LogP contribution in [0.4, 0.5) is 0 Å². The van der Waals surface area contributed by atoms with Crippen molar-refractivity contribution in [1.82, 2.24) is 5.32 Å². The van der Waals surface area contributed by atoms with Gasteiger partial charge < -0.3 is 5.32 Å². The summed E-state index contributed by atoms with van der Waals surface area (Å²) in [6, 6.07) is 0. The topological polar surface area (TPSA) is 63.2 Å². The monoisotopic (exact) mass is 311 g/mol. The van der Waals surface area contributed by atoms with E-state index < -0.39 is 20.5 Å². The molecule has 0 spiro atoms. The molecule has 4 nitrogen and oxygen atoms in total. The first kappa shape index (κ1) is 14.0. The van der Waals surface area contributed by atoms with E-state index in [-0.39, 0.29) is 5.54 Å². The Morgan fingerprint density at radius 2 is 1.94 bits per heavy atom. The summed E-state index contributed by atoms with van der Waals surface area (Å²) in [5, 5.41) is 3.53. The molecule has 0 heterocycles. The van der Waals surface area contributed by atoms with Crippen LogP contribution in [0.3, 0.4) is 0 Å². The van der Waals surface area contributed by atoms with Crippen LogP contribution < -0.4 is 5.32 Å². The Kier molecular flexibility index (Phi) is 3.75. The summed E-state index contributed by atoms with van der Waals surface area (Å²) in [5.41, 5.74) is -0.237. The molecule has 0 saturated heterocycles. The molecule has 0 aliphatic heterocycles. The van der Waals surface area contributed by atoms with Gasteiger partial charge in [0.05, 0.1) is 0 Å². The lowest BCUT2D eigenvalue weighted by Gasteiger charge is -2.42. The van der Waals surface area contributed by atoms with Gasteiger partial charge in [-0.15, -0.1) is 0 Å². The van der Waals surface area contributed by atoms with Crippen LogP contribution in [0.25, 0.3) is 0 Å². The SMILES string of the molecule is CC(C)(C(=O)NC1(CBr)CCC1)S(C)(=O)=O. The van der Waals surface area contributed by atoms with Crippen molar-refractivity contribution in [1.29, 1.82) is 0 Å². The van der Waals surface area contributed by atoms with E-state index in [0.717, 1.165) is 25.5 Å². The number of sulfone groups is 1. The Morgan fingerprint density at radius 3 is 2.19 bits per heavy atom. The van der Waals surface area contributed by atoms with Gasteiger partial charge in [-0.3, -0.25) is 4.79 Å². The molecular weight excluding hydrogens is 294 g/mol. The Balaban J connectivity index is 2.80. The molecule has 0 aromatic rings. The molecule has 1 amide bonds. The number of hydrogen-bond acceptors (Lipinski definition) is 3.